The first-order chi connectivity index (χ1) is 10.3. The molecular weight excluding hydrogens is 280 g/mol. The fourth-order valence-corrected chi connectivity index (χ4v) is 2.62. The number of methoxy groups -OCH3 is 1. The summed E-state index contributed by atoms with van der Waals surface area (Å²) in [7, 11) is 1.68. The van der Waals surface area contributed by atoms with Crippen molar-refractivity contribution in [3.8, 4) is 17.0 Å². The second-order valence-corrected chi connectivity index (χ2v) is 5.37. The van der Waals surface area contributed by atoms with Gasteiger partial charge in [-0.3, -0.25) is 0 Å². The maximum atomic E-state index is 5.16. The van der Waals surface area contributed by atoms with Crippen LogP contribution in [0, 0.1) is 0 Å². The van der Waals surface area contributed by atoms with Crippen molar-refractivity contribution in [3.05, 3.63) is 65.0 Å². The van der Waals surface area contributed by atoms with E-state index in [1.807, 2.05) is 17.6 Å². The van der Waals surface area contributed by atoms with Crippen molar-refractivity contribution in [2.45, 2.75) is 6.54 Å². The molecule has 2 aromatic carbocycles. The molecule has 0 spiro atoms. The minimum atomic E-state index is 0.792. The summed E-state index contributed by atoms with van der Waals surface area (Å²) >= 11 is 1.61. The number of benzene rings is 2. The predicted molar refractivity (Wildman–Crippen MR) is 87.9 cm³/mol. The molecule has 0 atom stereocenters. The molecule has 3 aromatic rings. The molecule has 1 aromatic heterocycles. The van der Waals surface area contributed by atoms with E-state index >= 15 is 0 Å². The van der Waals surface area contributed by atoms with E-state index in [1.165, 1.54) is 5.56 Å². The molecule has 21 heavy (non-hydrogen) atoms. The number of rotatable bonds is 5. The van der Waals surface area contributed by atoms with Crippen LogP contribution >= 0.6 is 11.3 Å². The third-order valence-corrected chi connectivity index (χ3v) is 3.86. The monoisotopic (exact) mass is 296 g/mol. The lowest BCUT2D eigenvalue weighted by atomic mass is 10.1. The Balaban J connectivity index is 1.62. The summed E-state index contributed by atoms with van der Waals surface area (Å²) in [6, 6.07) is 16.4. The van der Waals surface area contributed by atoms with E-state index in [0.717, 1.165) is 29.2 Å². The van der Waals surface area contributed by atoms with Crippen LogP contribution in [0.15, 0.2) is 59.4 Å². The summed E-state index contributed by atoms with van der Waals surface area (Å²) < 4.78 is 5.16. The average Bonchev–Trinajstić information content (AvgIpc) is 3.08. The van der Waals surface area contributed by atoms with Gasteiger partial charge in [-0.15, -0.1) is 11.3 Å². The quantitative estimate of drug-likeness (QED) is 0.756. The molecule has 0 aliphatic heterocycles. The highest BCUT2D eigenvalue weighted by Gasteiger charge is 2.00. The zero-order chi connectivity index (χ0) is 14.5. The van der Waals surface area contributed by atoms with Crippen LogP contribution in [0.2, 0.25) is 0 Å². The molecule has 1 N–H and O–H groups in total. The summed E-state index contributed by atoms with van der Waals surface area (Å²) in [4.78, 5) is 4.31. The first kappa shape index (κ1) is 13.6. The largest absolute Gasteiger partial charge is 0.497 e. The molecule has 4 heteroatoms. The molecule has 0 bridgehead atoms. The zero-order valence-corrected chi connectivity index (χ0v) is 12.6. The molecule has 3 nitrogen and oxygen atoms in total. The fourth-order valence-electron chi connectivity index (χ4n) is 2.06. The van der Waals surface area contributed by atoms with Gasteiger partial charge in [-0.25, -0.2) is 4.98 Å². The number of nitrogens with one attached hydrogen (secondary N) is 1. The van der Waals surface area contributed by atoms with Crippen molar-refractivity contribution in [1.29, 1.82) is 0 Å². The lowest BCUT2D eigenvalue weighted by Crippen LogP contribution is -1.99. The van der Waals surface area contributed by atoms with E-state index < -0.39 is 0 Å². The topological polar surface area (TPSA) is 34.1 Å². The van der Waals surface area contributed by atoms with E-state index in [1.54, 1.807) is 18.4 Å². The van der Waals surface area contributed by atoms with Gasteiger partial charge >= 0.3 is 0 Å². The maximum absolute atomic E-state index is 5.16. The molecule has 0 amide bonds. The second kappa shape index (κ2) is 6.41. The lowest BCUT2D eigenvalue weighted by molar-refractivity contribution is 0.414. The van der Waals surface area contributed by atoms with Crippen LogP contribution in [0.3, 0.4) is 0 Å². The van der Waals surface area contributed by atoms with Crippen molar-refractivity contribution < 1.29 is 4.74 Å². The minimum Gasteiger partial charge on any atom is -0.497 e. The molecule has 0 aliphatic rings. The summed E-state index contributed by atoms with van der Waals surface area (Å²) in [6.45, 7) is 0.792. The van der Waals surface area contributed by atoms with Crippen molar-refractivity contribution in [2.24, 2.45) is 0 Å². The van der Waals surface area contributed by atoms with Gasteiger partial charge in [0.1, 0.15) is 5.75 Å². The van der Waals surface area contributed by atoms with Crippen molar-refractivity contribution in [3.63, 3.8) is 0 Å². The maximum Gasteiger partial charge on any atom is 0.118 e. The van der Waals surface area contributed by atoms with Gasteiger partial charge in [0.15, 0.2) is 0 Å². The van der Waals surface area contributed by atoms with Crippen molar-refractivity contribution in [1.82, 2.24) is 4.98 Å². The van der Waals surface area contributed by atoms with Crippen molar-refractivity contribution in [2.75, 3.05) is 12.4 Å². The van der Waals surface area contributed by atoms with E-state index in [2.05, 4.69) is 52.1 Å². The lowest BCUT2D eigenvalue weighted by Gasteiger charge is -2.08. The number of anilines is 1. The molecule has 106 valence electrons. The van der Waals surface area contributed by atoms with Crippen LogP contribution in [-0.4, -0.2) is 12.1 Å². The van der Waals surface area contributed by atoms with Crippen molar-refractivity contribution >= 4 is 17.0 Å². The van der Waals surface area contributed by atoms with Gasteiger partial charge in [0, 0.05) is 23.2 Å². The minimum absolute atomic E-state index is 0.792. The van der Waals surface area contributed by atoms with Crippen LogP contribution < -0.4 is 10.1 Å². The first-order valence-electron chi connectivity index (χ1n) is 6.70. The Morgan fingerprint density at radius 2 is 1.81 bits per heavy atom. The van der Waals surface area contributed by atoms with Crippen LogP contribution in [0.5, 0.6) is 5.75 Å². The third-order valence-electron chi connectivity index (χ3n) is 3.27. The fraction of sp³-hybridized carbons (Fsp3) is 0.118. The molecule has 1 heterocycles. The second-order valence-electron chi connectivity index (χ2n) is 4.65. The number of thiazole rings is 1. The Labute approximate surface area is 128 Å². The molecule has 0 saturated carbocycles. The molecule has 0 fully saturated rings. The summed E-state index contributed by atoms with van der Waals surface area (Å²) in [5.41, 5.74) is 6.35. The number of hydrogen-bond donors (Lipinski definition) is 1. The van der Waals surface area contributed by atoms with E-state index in [9.17, 15) is 0 Å². The number of ether oxygens (including phenoxy) is 1. The van der Waals surface area contributed by atoms with Gasteiger partial charge in [0.05, 0.1) is 18.3 Å². The smallest absolute Gasteiger partial charge is 0.118 e. The van der Waals surface area contributed by atoms with E-state index in [0.29, 0.717) is 0 Å². The summed E-state index contributed by atoms with van der Waals surface area (Å²) in [5, 5.41) is 5.47. The third kappa shape index (κ3) is 3.41. The first-order valence-corrected chi connectivity index (χ1v) is 7.65. The number of aromatic nitrogens is 1. The molecular formula is C17H16N2OS. The van der Waals surface area contributed by atoms with Crippen LogP contribution in [0.4, 0.5) is 5.69 Å². The Kier molecular flexibility index (Phi) is 4.17. The predicted octanol–water partition coefficient (Wildman–Crippen LogP) is 4.43. The zero-order valence-electron chi connectivity index (χ0n) is 11.7. The summed E-state index contributed by atoms with van der Waals surface area (Å²) in [6.07, 6.45) is 0. The molecule has 0 unspecified atom stereocenters. The summed E-state index contributed by atoms with van der Waals surface area (Å²) in [5.74, 6) is 0.881. The van der Waals surface area contributed by atoms with Crippen LogP contribution in [-0.2, 0) is 6.54 Å². The van der Waals surface area contributed by atoms with Gasteiger partial charge < -0.3 is 10.1 Å². The Hall–Kier alpha value is -2.33. The SMILES string of the molecule is COc1ccc(CNc2ccc(-c3cscn3)cc2)cc1. The highest BCUT2D eigenvalue weighted by atomic mass is 32.1. The Bertz CT molecular complexity index is 676. The number of nitrogens with zero attached hydrogens (tertiary/aromatic N) is 1. The molecule has 3 rings (SSSR count). The normalized spacial score (nSPS) is 10.3. The van der Waals surface area contributed by atoms with Gasteiger partial charge in [-0.05, 0) is 29.8 Å². The molecule has 0 radical (unpaired) electrons. The van der Waals surface area contributed by atoms with Gasteiger partial charge in [0.25, 0.3) is 0 Å². The average molecular weight is 296 g/mol. The highest BCUT2D eigenvalue weighted by Crippen LogP contribution is 2.21. The number of hydrogen-bond acceptors (Lipinski definition) is 4. The highest BCUT2D eigenvalue weighted by molar-refractivity contribution is 7.07. The van der Waals surface area contributed by atoms with Gasteiger partial charge in [0.2, 0.25) is 0 Å². The molecule has 0 aliphatic carbocycles. The molecule has 0 saturated heterocycles. The van der Waals surface area contributed by atoms with Gasteiger partial charge in [-0.1, -0.05) is 24.3 Å². The van der Waals surface area contributed by atoms with E-state index in [4.69, 9.17) is 4.74 Å². The van der Waals surface area contributed by atoms with Crippen LogP contribution in [0.25, 0.3) is 11.3 Å². The Morgan fingerprint density at radius 3 is 2.43 bits per heavy atom. The van der Waals surface area contributed by atoms with E-state index in [-0.39, 0.29) is 0 Å². The van der Waals surface area contributed by atoms with Gasteiger partial charge in [-0.2, -0.15) is 0 Å². The Morgan fingerprint density at radius 1 is 1.05 bits per heavy atom. The van der Waals surface area contributed by atoms with Crippen LogP contribution in [0.1, 0.15) is 5.56 Å². The standard InChI is InChI=1S/C17H16N2OS/c1-20-16-8-2-13(3-9-16)10-18-15-6-4-14(5-7-15)17-11-21-12-19-17/h2-9,11-12,18H,10H2,1H3.